The van der Waals surface area contributed by atoms with Crippen LogP contribution in [0.15, 0.2) is 60.8 Å². The Hall–Kier alpha value is -2.34. The minimum absolute atomic E-state index is 0.735. The predicted molar refractivity (Wildman–Crippen MR) is 162 cm³/mol. The lowest BCUT2D eigenvalue weighted by atomic mass is 9.94. The average Bonchev–Trinajstić information content (AvgIpc) is 3.34. The van der Waals surface area contributed by atoms with Gasteiger partial charge >= 0.3 is 0 Å². The van der Waals surface area contributed by atoms with Gasteiger partial charge in [0.05, 0.1) is 6.54 Å². The van der Waals surface area contributed by atoms with E-state index in [0.29, 0.717) is 0 Å². The second-order valence-corrected chi connectivity index (χ2v) is 11.3. The number of aryl methyl sites for hydroxylation is 1. The van der Waals surface area contributed by atoms with Crippen molar-refractivity contribution in [1.82, 2.24) is 14.4 Å². The van der Waals surface area contributed by atoms with Crippen LogP contribution in [0.3, 0.4) is 0 Å². The van der Waals surface area contributed by atoms with Crippen LogP contribution in [0, 0.1) is 13.8 Å². The van der Waals surface area contributed by atoms with E-state index in [9.17, 15) is 0 Å². The van der Waals surface area contributed by atoms with Gasteiger partial charge in [0.1, 0.15) is 0 Å². The lowest BCUT2D eigenvalue weighted by Gasteiger charge is -2.32. The lowest BCUT2D eigenvalue weighted by molar-refractivity contribution is 0.185. The van der Waals surface area contributed by atoms with Crippen molar-refractivity contribution in [1.29, 1.82) is 0 Å². The highest BCUT2D eigenvalue weighted by Gasteiger charge is 2.19. The van der Waals surface area contributed by atoms with E-state index in [2.05, 4.69) is 89.2 Å². The molecule has 2 aromatic carbocycles. The van der Waals surface area contributed by atoms with Crippen LogP contribution in [-0.2, 0) is 13.1 Å². The summed E-state index contributed by atoms with van der Waals surface area (Å²) < 4.78 is 2.31. The zero-order valence-electron chi connectivity index (χ0n) is 22.5. The molecule has 0 spiro atoms. The van der Waals surface area contributed by atoms with Crippen LogP contribution in [0.25, 0.3) is 0 Å². The quantitative estimate of drug-likeness (QED) is 0.269. The molecule has 3 aromatic rings. The molecule has 4 rings (SSSR count). The summed E-state index contributed by atoms with van der Waals surface area (Å²) in [7, 11) is 2.30. The van der Waals surface area contributed by atoms with Gasteiger partial charge in [0.25, 0.3) is 0 Å². The third-order valence-electron chi connectivity index (χ3n) is 7.81. The number of aromatic nitrogens is 1. The Bertz CT molecular complexity index is 1150. The Balaban J connectivity index is 1.45. The molecule has 37 heavy (non-hydrogen) atoms. The Morgan fingerprint density at radius 1 is 1.00 bits per heavy atom. The Morgan fingerprint density at radius 3 is 2.51 bits per heavy atom. The number of rotatable bonds is 10. The summed E-state index contributed by atoms with van der Waals surface area (Å²) in [6.45, 7) is 7.89. The molecule has 0 bridgehead atoms. The van der Waals surface area contributed by atoms with Gasteiger partial charge in [-0.05, 0) is 106 Å². The number of nitrogens with zero attached hydrogens (tertiary/aromatic N) is 3. The van der Waals surface area contributed by atoms with Gasteiger partial charge in [0.2, 0.25) is 0 Å². The van der Waals surface area contributed by atoms with E-state index in [4.69, 9.17) is 23.8 Å². The van der Waals surface area contributed by atoms with Crippen molar-refractivity contribution in [3.8, 4) is 0 Å². The standard InChI is InChI=1S/C31H41ClN4S/c1-24-10-7-14-30(25(24)2)33-31(37)36(21-9-19-34(3)28-11-5-4-6-12-28)23-29-13-8-20-35(29)22-26-15-17-27(32)18-16-26/h7-8,10,13-18,20,28H,4-6,9,11-12,19,21-23H2,1-3H3,(H,33,37). The average molecular weight is 537 g/mol. The van der Waals surface area contributed by atoms with Gasteiger partial charge in [0.15, 0.2) is 5.11 Å². The van der Waals surface area contributed by atoms with Crippen LogP contribution < -0.4 is 5.32 Å². The van der Waals surface area contributed by atoms with Crippen molar-refractivity contribution in [2.45, 2.75) is 71.5 Å². The molecule has 198 valence electrons. The summed E-state index contributed by atoms with van der Waals surface area (Å²) in [5.41, 5.74) is 6.09. The third kappa shape index (κ3) is 7.83. The highest BCUT2D eigenvalue weighted by Crippen LogP contribution is 2.23. The van der Waals surface area contributed by atoms with E-state index in [1.54, 1.807) is 0 Å². The van der Waals surface area contributed by atoms with E-state index in [1.165, 1.54) is 54.5 Å². The minimum Gasteiger partial charge on any atom is -0.345 e. The summed E-state index contributed by atoms with van der Waals surface area (Å²) in [5.74, 6) is 0. The van der Waals surface area contributed by atoms with Gasteiger partial charge in [-0.1, -0.05) is 55.1 Å². The maximum absolute atomic E-state index is 6.10. The molecular formula is C31H41ClN4S. The number of thiocarbonyl (C=S) groups is 1. The summed E-state index contributed by atoms with van der Waals surface area (Å²) in [6, 6.07) is 19.5. The third-order valence-corrected chi connectivity index (χ3v) is 8.43. The highest BCUT2D eigenvalue weighted by atomic mass is 35.5. The molecule has 6 heteroatoms. The van der Waals surface area contributed by atoms with Crippen molar-refractivity contribution in [2.24, 2.45) is 0 Å². The first-order valence-corrected chi connectivity index (χ1v) is 14.4. The fraction of sp³-hybridized carbons (Fsp3) is 0.452. The van der Waals surface area contributed by atoms with Gasteiger partial charge < -0.3 is 19.7 Å². The van der Waals surface area contributed by atoms with Gasteiger partial charge in [-0.2, -0.15) is 0 Å². The van der Waals surface area contributed by atoms with E-state index in [0.717, 1.165) is 54.5 Å². The van der Waals surface area contributed by atoms with Crippen molar-refractivity contribution >= 4 is 34.6 Å². The van der Waals surface area contributed by atoms with Crippen LogP contribution in [0.4, 0.5) is 5.69 Å². The SMILES string of the molecule is Cc1cccc(NC(=S)N(CCCN(C)C2CCCCC2)Cc2cccn2Cc2ccc(Cl)cc2)c1C. The number of anilines is 1. The van der Waals surface area contributed by atoms with Crippen molar-refractivity contribution in [3.63, 3.8) is 0 Å². The van der Waals surface area contributed by atoms with Crippen molar-refractivity contribution in [2.75, 3.05) is 25.5 Å². The molecule has 0 unspecified atom stereocenters. The first-order chi connectivity index (χ1) is 17.9. The van der Waals surface area contributed by atoms with Crippen molar-refractivity contribution in [3.05, 3.63) is 88.2 Å². The molecule has 0 radical (unpaired) electrons. The number of halogens is 1. The smallest absolute Gasteiger partial charge is 0.173 e. The molecule has 1 fully saturated rings. The summed E-state index contributed by atoms with van der Waals surface area (Å²) in [5, 5.41) is 5.11. The van der Waals surface area contributed by atoms with E-state index < -0.39 is 0 Å². The normalized spacial score (nSPS) is 14.2. The van der Waals surface area contributed by atoms with Crippen LogP contribution >= 0.6 is 23.8 Å². The van der Waals surface area contributed by atoms with E-state index >= 15 is 0 Å². The molecule has 1 N–H and O–H groups in total. The largest absolute Gasteiger partial charge is 0.345 e. The maximum Gasteiger partial charge on any atom is 0.173 e. The van der Waals surface area contributed by atoms with Crippen LogP contribution in [0.5, 0.6) is 0 Å². The molecule has 1 heterocycles. The van der Waals surface area contributed by atoms with E-state index in [-0.39, 0.29) is 0 Å². The molecule has 1 aromatic heterocycles. The Morgan fingerprint density at radius 2 is 1.76 bits per heavy atom. The molecule has 0 atom stereocenters. The second-order valence-electron chi connectivity index (χ2n) is 10.5. The molecule has 4 nitrogen and oxygen atoms in total. The minimum atomic E-state index is 0.735. The van der Waals surface area contributed by atoms with Gasteiger partial charge in [-0.15, -0.1) is 0 Å². The summed E-state index contributed by atoms with van der Waals surface area (Å²) >= 11 is 12.1. The lowest BCUT2D eigenvalue weighted by Crippen LogP contribution is -2.39. The zero-order valence-corrected chi connectivity index (χ0v) is 24.1. The predicted octanol–water partition coefficient (Wildman–Crippen LogP) is 7.66. The summed E-state index contributed by atoms with van der Waals surface area (Å²) in [6.07, 6.45) is 10.0. The first-order valence-electron chi connectivity index (χ1n) is 13.6. The van der Waals surface area contributed by atoms with Gasteiger partial charge in [0, 0.05) is 41.7 Å². The number of hydrogen-bond donors (Lipinski definition) is 1. The van der Waals surface area contributed by atoms with Crippen LogP contribution in [-0.4, -0.2) is 45.7 Å². The number of nitrogens with one attached hydrogen (secondary N) is 1. The molecular weight excluding hydrogens is 496 g/mol. The maximum atomic E-state index is 6.10. The van der Waals surface area contributed by atoms with E-state index in [1.807, 2.05) is 12.1 Å². The van der Waals surface area contributed by atoms with Crippen LogP contribution in [0.2, 0.25) is 5.02 Å². The zero-order chi connectivity index (χ0) is 26.2. The van der Waals surface area contributed by atoms with Gasteiger partial charge in [-0.3, -0.25) is 0 Å². The van der Waals surface area contributed by atoms with Gasteiger partial charge in [-0.25, -0.2) is 0 Å². The second kappa shape index (κ2) is 13.5. The topological polar surface area (TPSA) is 23.4 Å². The number of benzene rings is 2. The fourth-order valence-corrected chi connectivity index (χ4v) is 5.67. The molecule has 1 saturated carbocycles. The Labute approximate surface area is 233 Å². The number of hydrogen-bond acceptors (Lipinski definition) is 2. The molecule has 0 saturated heterocycles. The monoisotopic (exact) mass is 536 g/mol. The first kappa shape index (κ1) is 27.7. The fourth-order valence-electron chi connectivity index (χ4n) is 5.28. The highest BCUT2D eigenvalue weighted by molar-refractivity contribution is 7.80. The van der Waals surface area contributed by atoms with Crippen LogP contribution in [0.1, 0.15) is 60.9 Å². The molecule has 1 aliphatic rings. The molecule has 0 aliphatic heterocycles. The molecule has 1 aliphatic carbocycles. The van der Waals surface area contributed by atoms with Crippen molar-refractivity contribution < 1.29 is 0 Å². The Kier molecular flexibility index (Phi) is 10.1. The molecule has 0 amide bonds. The summed E-state index contributed by atoms with van der Waals surface area (Å²) in [4.78, 5) is 4.90.